The van der Waals surface area contributed by atoms with Crippen LogP contribution >= 0.6 is 23.2 Å². The SMILES string of the molecule is O=C(Nc1ccc(F)c(C(F)(F)F)c1)N1CCN(Cc2ccc(Cl)c(Cl)c2)CC1. The van der Waals surface area contributed by atoms with Crippen LogP contribution in [0.3, 0.4) is 0 Å². The molecule has 0 atom stereocenters. The summed E-state index contributed by atoms with van der Waals surface area (Å²) in [4.78, 5) is 16.0. The number of hydrogen-bond donors (Lipinski definition) is 1. The van der Waals surface area contributed by atoms with Gasteiger partial charge in [0.1, 0.15) is 5.82 Å². The predicted molar refractivity (Wildman–Crippen MR) is 104 cm³/mol. The van der Waals surface area contributed by atoms with Gasteiger partial charge in [-0.15, -0.1) is 0 Å². The fourth-order valence-electron chi connectivity index (χ4n) is 3.03. The molecule has 29 heavy (non-hydrogen) atoms. The minimum atomic E-state index is -4.83. The minimum absolute atomic E-state index is 0.109. The van der Waals surface area contributed by atoms with E-state index in [1.165, 1.54) is 4.90 Å². The van der Waals surface area contributed by atoms with E-state index < -0.39 is 23.6 Å². The van der Waals surface area contributed by atoms with Crippen molar-refractivity contribution in [3.05, 3.63) is 63.4 Å². The standard InChI is InChI=1S/C19H17Cl2F4N3O/c20-15-3-1-12(9-16(15)21)11-27-5-7-28(8-6-27)18(29)26-13-2-4-17(22)14(10-13)19(23,24)25/h1-4,9-10H,5-8,11H2,(H,26,29). The first-order valence-corrected chi connectivity index (χ1v) is 9.48. The van der Waals surface area contributed by atoms with Gasteiger partial charge in [-0.1, -0.05) is 29.3 Å². The molecule has 1 aliphatic heterocycles. The fraction of sp³-hybridized carbons (Fsp3) is 0.316. The summed E-state index contributed by atoms with van der Waals surface area (Å²) in [6, 6.07) is 7.24. The molecular weight excluding hydrogens is 433 g/mol. The summed E-state index contributed by atoms with van der Waals surface area (Å²) in [6.07, 6.45) is -4.83. The summed E-state index contributed by atoms with van der Waals surface area (Å²) >= 11 is 11.9. The van der Waals surface area contributed by atoms with E-state index in [1.807, 2.05) is 6.07 Å². The van der Waals surface area contributed by atoms with Gasteiger partial charge in [0.15, 0.2) is 0 Å². The second-order valence-corrected chi connectivity index (χ2v) is 7.45. The normalized spacial score (nSPS) is 15.4. The molecule has 10 heteroatoms. The third-order valence-corrected chi connectivity index (χ3v) is 5.31. The lowest BCUT2D eigenvalue weighted by Crippen LogP contribution is -2.49. The summed E-state index contributed by atoms with van der Waals surface area (Å²) in [7, 11) is 0. The molecule has 3 rings (SSSR count). The lowest BCUT2D eigenvalue weighted by Gasteiger charge is -2.34. The van der Waals surface area contributed by atoms with Gasteiger partial charge in [-0.2, -0.15) is 13.2 Å². The number of piperazine rings is 1. The van der Waals surface area contributed by atoms with Gasteiger partial charge in [-0.3, -0.25) is 4.90 Å². The highest BCUT2D eigenvalue weighted by Crippen LogP contribution is 2.33. The molecule has 0 saturated carbocycles. The Hall–Kier alpha value is -2.03. The average molecular weight is 450 g/mol. The van der Waals surface area contributed by atoms with Crippen molar-refractivity contribution in [3.63, 3.8) is 0 Å². The van der Waals surface area contributed by atoms with Crippen molar-refractivity contribution in [2.24, 2.45) is 0 Å². The Morgan fingerprint density at radius 1 is 1.00 bits per heavy atom. The third-order valence-electron chi connectivity index (χ3n) is 4.57. The number of nitrogens with one attached hydrogen (secondary N) is 1. The largest absolute Gasteiger partial charge is 0.419 e. The Labute approximate surface area is 175 Å². The smallest absolute Gasteiger partial charge is 0.322 e. The van der Waals surface area contributed by atoms with Crippen LogP contribution in [0.25, 0.3) is 0 Å². The van der Waals surface area contributed by atoms with Crippen molar-refractivity contribution >= 4 is 34.9 Å². The third kappa shape index (κ3) is 5.52. The summed E-state index contributed by atoms with van der Waals surface area (Å²) in [5, 5.41) is 3.35. The van der Waals surface area contributed by atoms with E-state index in [0.717, 1.165) is 11.6 Å². The van der Waals surface area contributed by atoms with E-state index in [-0.39, 0.29) is 5.69 Å². The van der Waals surface area contributed by atoms with E-state index in [4.69, 9.17) is 23.2 Å². The first-order chi connectivity index (χ1) is 13.6. The molecule has 4 nitrogen and oxygen atoms in total. The van der Waals surface area contributed by atoms with E-state index in [0.29, 0.717) is 54.9 Å². The monoisotopic (exact) mass is 449 g/mol. The maximum atomic E-state index is 13.4. The van der Waals surface area contributed by atoms with Crippen molar-refractivity contribution in [1.29, 1.82) is 0 Å². The lowest BCUT2D eigenvalue weighted by molar-refractivity contribution is -0.139. The molecule has 0 spiro atoms. The van der Waals surface area contributed by atoms with E-state index in [9.17, 15) is 22.4 Å². The Morgan fingerprint density at radius 3 is 2.31 bits per heavy atom. The maximum Gasteiger partial charge on any atom is 0.419 e. The number of rotatable bonds is 3. The van der Waals surface area contributed by atoms with Gasteiger partial charge < -0.3 is 10.2 Å². The molecule has 1 saturated heterocycles. The number of halogens is 6. The zero-order valence-corrected chi connectivity index (χ0v) is 16.6. The fourth-order valence-corrected chi connectivity index (χ4v) is 3.35. The highest BCUT2D eigenvalue weighted by molar-refractivity contribution is 6.42. The Bertz CT molecular complexity index is 900. The van der Waals surface area contributed by atoms with Crippen LogP contribution in [0.4, 0.5) is 28.0 Å². The number of hydrogen-bond acceptors (Lipinski definition) is 2. The van der Waals surface area contributed by atoms with Gasteiger partial charge in [0.25, 0.3) is 0 Å². The molecule has 0 unspecified atom stereocenters. The number of benzene rings is 2. The molecule has 156 valence electrons. The molecule has 1 N–H and O–H groups in total. The number of alkyl halides is 3. The van der Waals surface area contributed by atoms with Crippen LogP contribution in [0.5, 0.6) is 0 Å². The van der Waals surface area contributed by atoms with Crippen LogP contribution in [-0.2, 0) is 12.7 Å². The predicted octanol–water partition coefficient (Wildman–Crippen LogP) is 5.50. The van der Waals surface area contributed by atoms with Crippen molar-refractivity contribution in [1.82, 2.24) is 9.80 Å². The number of amides is 2. The zero-order chi connectivity index (χ0) is 21.2. The molecule has 1 aliphatic rings. The van der Waals surface area contributed by atoms with Crippen molar-refractivity contribution in [2.45, 2.75) is 12.7 Å². The molecule has 2 amide bonds. The average Bonchev–Trinajstić information content (AvgIpc) is 2.66. The van der Waals surface area contributed by atoms with Gasteiger partial charge in [0.2, 0.25) is 0 Å². The number of nitrogens with zero attached hydrogens (tertiary/aromatic N) is 2. The van der Waals surface area contributed by atoms with Crippen LogP contribution in [0.15, 0.2) is 36.4 Å². The number of urea groups is 1. The first-order valence-electron chi connectivity index (χ1n) is 8.72. The second kappa shape index (κ2) is 8.77. The lowest BCUT2D eigenvalue weighted by atomic mass is 10.2. The van der Waals surface area contributed by atoms with Gasteiger partial charge in [0.05, 0.1) is 15.6 Å². The molecule has 0 aromatic heterocycles. The van der Waals surface area contributed by atoms with E-state index >= 15 is 0 Å². The Kier molecular flexibility index (Phi) is 6.55. The number of carbonyl (C=O) groups excluding carboxylic acids is 1. The number of anilines is 1. The van der Waals surface area contributed by atoms with Crippen LogP contribution < -0.4 is 5.32 Å². The molecule has 0 aliphatic carbocycles. The maximum absolute atomic E-state index is 13.4. The van der Waals surface area contributed by atoms with Crippen LogP contribution in [0.2, 0.25) is 10.0 Å². The van der Waals surface area contributed by atoms with Crippen molar-refractivity contribution in [3.8, 4) is 0 Å². The van der Waals surface area contributed by atoms with Gasteiger partial charge in [0, 0.05) is 38.4 Å². The summed E-state index contributed by atoms with van der Waals surface area (Å²) in [5.41, 5.74) is -0.535. The molecule has 2 aromatic rings. The minimum Gasteiger partial charge on any atom is -0.322 e. The first kappa shape index (κ1) is 21.7. The Morgan fingerprint density at radius 2 is 1.69 bits per heavy atom. The highest BCUT2D eigenvalue weighted by Gasteiger charge is 2.34. The quantitative estimate of drug-likeness (QED) is 0.627. The molecule has 2 aromatic carbocycles. The molecule has 0 bridgehead atoms. The zero-order valence-electron chi connectivity index (χ0n) is 15.1. The van der Waals surface area contributed by atoms with Crippen LogP contribution in [0.1, 0.15) is 11.1 Å². The van der Waals surface area contributed by atoms with Crippen molar-refractivity contribution in [2.75, 3.05) is 31.5 Å². The van der Waals surface area contributed by atoms with Crippen molar-refractivity contribution < 1.29 is 22.4 Å². The summed E-state index contributed by atoms with van der Waals surface area (Å²) in [5.74, 6) is -1.38. The van der Waals surface area contributed by atoms with Crippen LogP contribution in [-0.4, -0.2) is 42.0 Å². The summed E-state index contributed by atoms with van der Waals surface area (Å²) in [6.45, 7) is 2.62. The Balaban J connectivity index is 1.55. The number of carbonyl (C=O) groups is 1. The van der Waals surface area contributed by atoms with E-state index in [1.54, 1.807) is 12.1 Å². The topological polar surface area (TPSA) is 35.6 Å². The molecule has 1 fully saturated rings. The highest BCUT2D eigenvalue weighted by atomic mass is 35.5. The molecule has 1 heterocycles. The second-order valence-electron chi connectivity index (χ2n) is 6.63. The summed E-state index contributed by atoms with van der Waals surface area (Å²) < 4.78 is 51.8. The van der Waals surface area contributed by atoms with Gasteiger partial charge >= 0.3 is 12.2 Å². The van der Waals surface area contributed by atoms with Gasteiger partial charge in [-0.25, -0.2) is 9.18 Å². The van der Waals surface area contributed by atoms with Crippen LogP contribution in [0, 0.1) is 5.82 Å². The van der Waals surface area contributed by atoms with Gasteiger partial charge in [-0.05, 0) is 35.9 Å². The molecular formula is C19H17Cl2F4N3O. The molecule has 0 radical (unpaired) electrons. The van der Waals surface area contributed by atoms with E-state index in [2.05, 4.69) is 10.2 Å².